The Morgan fingerprint density at radius 1 is 1.43 bits per heavy atom. The number of H-pyrrole nitrogens is 1. The molecule has 0 aliphatic rings. The van der Waals surface area contributed by atoms with Gasteiger partial charge in [-0.25, -0.2) is 9.78 Å². The smallest absolute Gasteiger partial charge is 0.330 e. The molecule has 0 saturated carbocycles. The summed E-state index contributed by atoms with van der Waals surface area (Å²) >= 11 is 0. The van der Waals surface area contributed by atoms with Gasteiger partial charge in [0.2, 0.25) is 0 Å². The standard InChI is InChI=1S/C13H20N6O2/c1-3-4-6-19-11(14)10(12(20)17-13(19)21)16-8-9-15-5-7-18(9)2/h5,7,16H,3-4,6,8,14H2,1-2H3,(H,17,20,21). The maximum Gasteiger partial charge on any atom is 0.330 e. The first-order chi connectivity index (χ1) is 10.0. The van der Waals surface area contributed by atoms with Gasteiger partial charge in [-0.15, -0.1) is 0 Å². The Kier molecular flexibility index (Phi) is 4.46. The zero-order valence-corrected chi connectivity index (χ0v) is 12.2. The van der Waals surface area contributed by atoms with E-state index in [2.05, 4.69) is 15.3 Å². The first-order valence-corrected chi connectivity index (χ1v) is 6.87. The normalized spacial score (nSPS) is 10.8. The van der Waals surface area contributed by atoms with E-state index < -0.39 is 11.2 Å². The summed E-state index contributed by atoms with van der Waals surface area (Å²) in [5.74, 6) is 0.923. The van der Waals surface area contributed by atoms with Gasteiger partial charge in [0.1, 0.15) is 17.3 Å². The summed E-state index contributed by atoms with van der Waals surface area (Å²) in [6.45, 7) is 2.85. The van der Waals surface area contributed by atoms with Gasteiger partial charge in [0.15, 0.2) is 0 Å². The fourth-order valence-electron chi connectivity index (χ4n) is 2.03. The molecule has 0 fully saturated rings. The molecule has 21 heavy (non-hydrogen) atoms. The van der Waals surface area contributed by atoms with Gasteiger partial charge in [0.05, 0.1) is 6.54 Å². The number of rotatable bonds is 6. The molecule has 0 amide bonds. The fourth-order valence-corrected chi connectivity index (χ4v) is 2.03. The second kappa shape index (κ2) is 6.29. The number of aryl methyl sites for hydroxylation is 1. The second-order valence-electron chi connectivity index (χ2n) is 4.83. The average molecular weight is 292 g/mol. The molecule has 8 nitrogen and oxygen atoms in total. The molecule has 2 aromatic heterocycles. The molecule has 0 aliphatic heterocycles. The minimum Gasteiger partial charge on any atom is -0.383 e. The molecule has 0 spiro atoms. The summed E-state index contributed by atoms with van der Waals surface area (Å²) in [6, 6.07) is 0. The lowest BCUT2D eigenvalue weighted by molar-refractivity contribution is 0.605. The molecule has 0 aliphatic carbocycles. The van der Waals surface area contributed by atoms with Crippen LogP contribution < -0.4 is 22.3 Å². The number of nitrogens with two attached hydrogens (primary N) is 1. The van der Waals surface area contributed by atoms with Gasteiger partial charge >= 0.3 is 5.69 Å². The summed E-state index contributed by atoms with van der Waals surface area (Å²) in [5.41, 5.74) is 5.17. The third kappa shape index (κ3) is 3.15. The number of hydrogen-bond acceptors (Lipinski definition) is 5. The van der Waals surface area contributed by atoms with Crippen LogP contribution in [0.4, 0.5) is 11.5 Å². The molecule has 0 saturated heterocycles. The maximum atomic E-state index is 11.9. The third-order valence-electron chi connectivity index (χ3n) is 3.32. The van der Waals surface area contributed by atoms with E-state index in [0.717, 1.165) is 18.7 Å². The molecule has 0 radical (unpaired) electrons. The second-order valence-corrected chi connectivity index (χ2v) is 4.83. The van der Waals surface area contributed by atoms with Crippen LogP contribution >= 0.6 is 0 Å². The molecule has 4 N–H and O–H groups in total. The van der Waals surface area contributed by atoms with E-state index in [1.165, 1.54) is 4.57 Å². The number of hydrogen-bond donors (Lipinski definition) is 3. The highest BCUT2D eigenvalue weighted by atomic mass is 16.2. The number of aromatic amines is 1. The fraction of sp³-hybridized carbons (Fsp3) is 0.462. The Balaban J connectivity index is 2.28. The quantitative estimate of drug-likeness (QED) is 0.707. The number of unbranched alkanes of at least 4 members (excludes halogenated alkanes) is 1. The van der Waals surface area contributed by atoms with Crippen LogP contribution in [-0.4, -0.2) is 19.1 Å². The van der Waals surface area contributed by atoms with E-state index in [1.807, 2.05) is 24.7 Å². The van der Waals surface area contributed by atoms with Crippen molar-refractivity contribution in [1.82, 2.24) is 19.1 Å². The van der Waals surface area contributed by atoms with Crippen LogP contribution in [0.3, 0.4) is 0 Å². The monoisotopic (exact) mass is 292 g/mol. The van der Waals surface area contributed by atoms with E-state index in [4.69, 9.17) is 5.73 Å². The van der Waals surface area contributed by atoms with Gasteiger partial charge in [-0.3, -0.25) is 14.3 Å². The highest BCUT2D eigenvalue weighted by Gasteiger charge is 2.12. The molecular formula is C13H20N6O2. The minimum atomic E-state index is -0.514. The largest absolute Gasteiger partial charge is 0.383 e. The number of nitrogens with zero attached hydrogens (tertiary/aromatic N) is 3. The molecule has 114 valence electrons. The van der Waals surface area contributed by atoms with Crippen LogP contribution in [0.15, 0.2) is 22.0 Å². The van der Waals surface area contributed by atoms with Gasteiger partial charge in [0.25, 0.3) is 5.56 Å². The topological polar surface area (TPSA) is 111 Å². The predicted molar refractivity (Wildman–Crippen MR) is 81.2 cm³/mol. The zero-order chi connectivity index (χ0) is 15.4. The number of nitrogens with one attached hydrogen (secondary N) is 2. The number of nitrogen functional groups attached to an aromatic ring is 1. The van der Waals surface area contributed by atoms with Gasteiger partial charge in [-0.2, -0.15) is 0 Å². The van der Waals surface area contributed by atoms with E-state index in [9.17, 15) is 9.59 Å². The lowest BCUT2D eigenvalue weighted by Crippen LogP contribution is -2.34. The molecule has 0 bridgehead atoms. The Morgan fingerprint density at radius 2 is 2.19 bits per heavy atom. The Labute approximate surface area is 121 Å². The third-order valence-corrected chi connectivity index (χ3v) is 3.32. The number of imidazole rings is 1. The summed E-state index contributed by atoms with van der Waals surface area (Å²) in [7, 11) is 1.86. The van der Waals surface area contributed by atoms with Gasteiger partial charge < -0.3 is 15.6 Å². The van der Waals surface area contributed by atoms with Crippen LogP contribution in [0.2, 0.25) is 0 Å². The molecule has 0 unspecified atom stereocenters. The Morgan fingerprint density at radius 3 is 2.81 bits per heavy atom. The van der Waals surface area contributed by atoms with Crippen LogP contribution in [0, 0.1) is 0 Å². The first kappa shape index (κ1) is 14.9. The van der Waals surface area contributed by atoms with Gasteiger partial charge in [-0.1, -0.05) is 13.3 Å². The van der Waals surface area contributed by atoms with Crippen molar-refractivity contribution in [1.29, 1.82) is 0 Å². The Bertz CT molecular complexity index is 727. The zero-order valence-electron chi connectivity index (χ0n) is 12.2. The van der Waals surface area contributed by atoms with Crippen molar-refractivity contribution in [3.05, 3.63) is 39.1 Å². The molecule has 0 atom stereocenters. The first-order valence-electron chi connectivity index (χ1n) is 6.87. The van der Waals surface area contributed by atoms with Crippen molar-refractivity contribution in [3.8, 4) is 0 Å². The van der Waals surface area contributed by atoms with E-state index in [0.29, 0.717) is 13.1 Å². The summed E-state index contributed by atoms with van der Waals surface area (Å²) in [5, 5.41) is 2.96. The van der Waals surface area contributed by atoms with Gasteiger partial charge in [-0.05, 0) is 6.42 Å². The van der Waals surface area contributed by atoms with Crippen molar-refractivity contribution in [2.24, 2.45) is 7.05 Å². The van der Waals surface area contributed by atoms with Crippen molar-refractivity contribution in [3.63, 3.8) is 0 Å². The van der Waals surface area contributed by atoms with Crippen LogP contribution in [0.1, 0.15) is 25.6 Å². The highest BCUT2D eigenvalue weighted by Crippen LogP contribution is 2.12. The van der Waals surface area contributed by atoms with Gasteiger partial charge in [0, 0.05) is 26.0 Å². The van der Waals surface area contributed by atoms with Crippen LogP contribution in [0.5, 0.6) is 0 Å². The summed E-state index contributed by atoms with van der Waals surface area (Å²) in [6.07, 6.45) is 5.23. The molecule has 0 aromatic carbocycles. The van der Waals surface area contributed by atoms with Crippen LogP contribution in [-0.2, 0) is 20.1 Å². The maximum absolute atomic E-state index is 11.9. The molecule has 8 heteroatoms. The van der Waals surface area contributed by atoms with Crippen LogP contribution in [0.25, 0.3) is 0 Å². The van der Waals surface area contributed by atoms with Crippen molar-refractivity contribution < 1.29 is 0 Å². The Hall–Kier alpha value is -2.51. The minimum absolute atomic E-state index is 0.159. The SMILES string of the molecule is CCCCn1c(N)c(NCc2nccn2C)c(=O)[nH]c1=O. The molecular weight excluding hydrogens is 272 g/mol. The highest BCUT2D eigenvalue weighted by molar-refractivity contribution is 5.60. The van der Waals surface area contributed by atoms with Crippen molar-refractivity contribution >= 4 is 11.5 Å². The summed E-state index contributed by atoms with van der Waals surface area (Å²) < 4.78 is 3.22. The molecule has 2 heterocycles. The van der Waals surface area contributed by atoms with E-state index in [-0.39, 0.29) is 11.5 Å². The number of anilines is 2. The lowest BCUT2D eigenvalue weighted by atomic mass is 10.3. The predicted octanol–water partition coefficient (Wildman–Crippen LogP) is 0.265. The van der Waals surface area contributed by atoms with E-state index in [1.54, 1.807) is 6.20 Å². The van der Waals surface area contributed by atoms with E-state index >= 15 is 0 Å². The van der Waals surface area contributed by atoms with Crippen molar-refractivity contribution in [2.45, 2.75) is 32.9 Å². The number of aromatic nitrogens is 4. The molecule has 2 aromatic rings. The average Bonchev–Trinajstić information content (AvgIpc) is 2.84. The summed E-state index contributed by atoms with van der Waals surface area (Å²) in [4.78, 5) is 30.1. The lowest BCUT2D eigenvalue weighted by Gasteiger charge is -2.13. The molecule has 2 rings (SSSR count). The van der Waals surface area contributed by atoms with Crippen molar-refractivity contribution in [2.75, 3.05) is 11.1 Å².